The summed E-state index contributed by atoms with van der Waals surface area (Å²) in [4.78, 5) is 36.4. The number of hydrogen-bond donors (Lipinski definition) is 3. The maximum absolute atomic E-state index is 13.0. The standard InChI is InChI=1S/C27H34N2O5S/c1-18-13-19(2)15-21(14-18)29-25(31)16-20-5-7-22(8-6-20)34-27(10-3-4-11-27)24(30)17-35-12-9-23(28)26(32)33/h5-8,13-15,23H,3-4,9-12,16-17,28H2,1-2H3,(H,29,31)(H,32,33)/t23-/m0/s1. The van der Waals surface area contributed by atoms with Crippen molar-refractivity contribution in [1.82, 2.24) is 0 Å². The number of aryl methyl sites for hydroxylation is 2. The van der Waals surface area contributed by atoms with Crippen LogP contribution in [-0.4, -0.2) is 45.9 Å². The first-order valence-corrected chi connectivity index (χ1v) is 13.1. The van der Waals surface area contributed by atoms with Crippen LogP contribution in [0.5, 0.6) is 5.75 Å². The molecule has 0 bridgehead atoms. The average molecular weight is 499 g/mol. The first-order chi connectivity index (χ1) is 16.7. The van der Waals surface area contributed by atoms with E-state index in [4.69, 9.17) is 15.6 Å². The summed E-state index contributed by atoms with van der Waals surface area (Å²) in [5.74, 6) is 0.291. The van der Waals surface area contributed by atoms with E-state index in [1.54, 1.807) is 0 Å². The molecule has 4 N–H and O–H groups in total. The number of thioether (sulfide) groups is 1. The summed E-state index contributed by atoms with van der Waals surface area (Å²) in [5, 5.41) is 11.8. The number of benzene rings is 2. The van der Waals surface area contributed by atoms with Gasteiger partial charge in [-0.2, -0.15) is 11.8 Å². The molecule has 188 valence electrons. The van der Waals surface area contributed by atoms with E-state index in [0.29, 0.717) is 30.8 Å². The fourth-order valence-corrected chi connectivity index (χ4v) is 5.37. The molecular weight excluding hydrogens is 464 g/mol. The van der Waals surface area contributed by atoms with Crippen molar-refractivity contribution in [3.05, 3.63) is 59.2 Å². The van der Waals surface area contributed by atoms with Crippen LogP contribution < -0.4 is 15.8 Å². The maximum atomic E-state index is 13.0. The molecule has 0 radical (unpaired) electrons. The average Bonchev–Trinajstić information content (AvgIpc) is 3.26. The van der Waals surface area contributed by atoms with E-state index in [1.807, 2.05) is 50.2 Å². The minimum absolute atomic E-state index is 0.0285. The van der Waals surface area contributed by atoms with Crippen molar-refractivity contribution in [2.45, 2.75) is 64.0 Å². The second kappa shape index (κ2) is 12.2. The minimum Gasteiger partial charge on any atom is -0.480 e. The molecule has 0 unspecified atom stereocenters. The quantitative estimate of drug-likeness (QED) is 0.374. The van der Waals surface area contributed by atoms with Crippen LogP contribution in [0.4, 0.5) is 5.69 Å². The lowest BCUT2D eigenvalue weighted by Gasteiger charge is -2.29. The maximum Gasteiger partial charge on any atom is 0.320 e. The molecule has 0 spiro atoms. The normalized spacial score (nSPS) is 15.4. The van der Waals surface area contributed by atoms with Crippen molar-refractivity contribution in [3.63, 3.8) is 0 Å². The highest BCUT2D eigenvalue weighted by Crippen LogP contribution is 2.36. The van der Waals surface area contributed by atoms with E-state index in [2.05, 4.69) is 11.4 Å². The molecule has 35 heavy (non-hydrogen) atoms. The third-order valence-electron chi connectivity index (χ3n) is 6.15. The number of carbonyl (C=O) groups is 3. The zero-order chi connectivity index (χ0) is 25.4. The van der Waals surface area contributed by atoms with Crippen LogP contribution in [0.25, 0.3) is 0 Å². The number of hydrogen-bond acceptors (Lipinski definition) is 6. The van der Waals surface area contributed by atoms with Crippen molar-refractivity contribution in [2.75, 3.05) is 16.8 Å². The molecule has 1 amide bonds. The van der Waals surface area contributed by atoms with Crippen molar-refractivity contribution < 1.29 is 24.2 Å². The van der Waals surface area contributed by atoms with Gasteiger partial charge in [-0.1, -0.05) is 18.2 Å². The largest absolute Gasteiger partial charge is 0.480 e. The zero-order valence-electron chi connectivity index (χ0n) is 20.3. The summed E-state index contributed by atoms with van der Waals surface area (Å²) in [7, 11) is 0. The van der Waals surface area contributed by atoms with Crippen LogP contribution in [0.15, 0.2) is 42.5 Å². The van der Waals surface area contributed by atoms with Gasteiger partial charge in [0.2, 0.25) is 5.91 Å². The predicted octanol–water partition coefficient (Wildman–Crippen LogP) is 4.28. The van der Waals surface area contributed by atoms with Crippen LogP contribution in [0.2, 0.25) is 0 Å². The molecule has 0 heterocycles. The van der Waals surface area contributed by atoms with E-state index in [9.17, 15) is 14.4 Å². The van der Waals surface area contributed by atoms with Crippen molar-refractivity contribution in [3.8, 4) is 5.75 Å². The van der Waals surface area contributed by atoms with Gasteiger partial charge in [-0.25, -0.2) is 0 Å². The highest BCUT2D eigenvalue weighted by Gasteiger charge is 2.42. The number of carbonyl (C=O) groups excluding carboxylic acids is 2. The SMILES string of the molecule is Cc1cc(C)cc(NC(=O)Cc2ccc(OC3(C(=O)CSCC[C@H](N)C(=O)O)CCCC3)cc2)c1. The topological polar surface area (TPSA) is 119 Å². The monoisotopic (exact) mass is 498 g/mol. The van der Waals surface area contributed by atoms with Gasteiger partial charge in [0.25, 0.3) is 0 Å². The van der Waals surface area contributed by atoms with Gasteiger partial charge in [-0.15, -0.1) is 0 Å². The summed E-state index contributed by atoms with van der Waals surface area (Å²) in [6.45, 7) is 3.99. The summed E-state index contributed by atoms with van der Waals surface area (Å²) >= 11 is 1.40. The number of anilines is 1. The Hall–Kier alpha value is -2.84. The molecule has 2 aromatic carbocycles. The van der Waals surface area contributed by atoms with Gasteiger partial charge in [0.05, 0.1) is 12.2 Å². The molecule has 7 nitrogen and oxygen atoms in total. The first-order valence-electron chi connectivity index (χ1n) is 11.9. The van der Waals surface area contributed by atoms with Crippen molar-refractivity contribution in [1.29, 1.82) is 0 Å². The van der Waals surface area contributed by atoms with Gasteiger partial charge in [0.15, 0.2) is 11.4 Å². The van der Waals surface area contributed by atoms with Crippen molar-refractivity contribution >= 4 is 35.1 Å². The molecule has 1 aliphatic rings. The van der Waals surface area contributed by atoms with E-state index < -0.39 is 17.6 Å². The Morgan fingerprint density at radius 1 is 1.09 bits per heavy atom. The molecule has 0 aromatic heterocycles. The summed E-state index contributed by atoms with van der Waals surface area (Å²) < 4.78 is 6.24. The third kappa shape index (κ3) is 7.83. The number of carboxylic acids is 1. The predicted molar refractivity (Wildman–Crippen MR) is 139 cm³/mol. The van der Waals surface area contributed by atoms with Gasteiger partial charge < -0.3 is 20.9 Å². The fraction of sp³-hybridized carbons (Fsp3) is 0.444. The molecule has 2 aromatic rings. The smallest absolute Gasteiger partial charge is 0.320 e. The summed E-state index contributed by atoms with van der Waals surface area (Å²) in [6, 6.07) is 12.4. The van der Waals surface area contributed by atoms with Gasteiger partial charge in [0.1, 0.15) is 11.8 Å². The number of carboxylic acid groups (broad SMARTS) is 1. The van der Waals surface area contributed by atoms with Crippen LogP contribution in [0, 0.1) is 13.8 Å². The molecule has 1 fully saturated rings. The van der Waals surface area contributed by atoms with Gasteiger partial charge in [0, 0.05) is 5.69 Å². The highest BCUT2D eigenvalue weighted by atomic mass is 32.2. The number of Topliss-reactive ketones (excluding diaryl/α,β-unsaturated/α-hetero) is 1. The number of nitrogens with one attached hydrogen (secondary N) is 1. The number of aliphatic carboxylic acids is 1. The fourth-order valence-electron chi connectivity index (χ4n) is 4.35. The lowest BCUT2D eigenvalue weighted by Crippen LogP contribution is -2.43. The Labute approximate surface area is 210 Å². The van der Waals surface area contributed by atoms with Gasteiger partial charge in [-0.3, -0.25) is 14.4 Å². The van der Waals surface area contributed by atoms with E-state index >= 15 is 0 Å². The molecule has 3 rings (SSSR count). The minimum atomic E-state index is -1.03. The Morgan fingerprint density at radius 3 is 2.31 bits per heavy atom. The molecular formula is C27H34N2O5S. The highest BCUT2D eigenvalue weighted by molar-refractivity contribution is 7.99. The molecule has 1 atom stereocenters. The number of amides is 1. The number of ether oxygens (including phenoxy) is 1. The third-order valence-corrected chi connectivity index (χ3v) is 7.14. The van der Waals surface area contributed by atoms with Gasteiger partial charge in [-0.05, 0) is 92.7 Å². The number of ketones is 1. The lowest BCUT2D eigenvalue weighted by molar-refractivity contribution is -0.138. The molecule has 0 aliphatic heterocycles. The Kier molecular flexibility index (Phi) is 9.34. The Balaban J connectivity index is 1.54. The molecule has 1 saturated carbocycles. The summed E-state index contributed by atoms with van der Waals surface area (Å²) in [5.41, 5.74) is 8.53. The lowest BCUT2D eigenvalue weighted by atomic mass is 9.97. The number of nitrogens with two attached hydrogens (primary N) is 1. The molecule has 1 aliphatic carbocycles. The van der Waals surface area contributed by atoms with E-state index in [-0.39, 0.29) is 23.9 Å². The Bertz CT molecular complexity index is 1030. The first kappa shape index (κ1) is 26.8. The zero-order valence-corrected chi connectivity index (χ0v) is 21.2. The number of rotatable bonds is 12. The van der Waals surface area contributed by atoms with Crippen LogP contribution in [0.1, 0.15) is 48.8 Å². The van der Waals surface area contributed by atoms with Crippen LogP contribution in [0.3, 0.4) is 0 Å². The van der Waals surface area contributed by atoms with Crippen LogP contribution >= 0.6 is 11.8 Å². The van der Waals surface area contributed by atoms with E-state index in [1.165, 1.54) is 11.8 Å². The summed E-state index contributed by atoms with van der Waals surface area (Å²) in [6.07, 6.45) is 3.75. The molecule has 8 heteroatoms. The van der Waals surface area contributed by atoms with E-state index in [0.717, 1.165) is 35.2 Å². The Morgan fingerprint density at radius 2 is 1.71 bits per heavy atom. The second-order valence-corrected chi connectivity index (χ2v) is 10.4. The second-order valence-electron chi connectivity index (χ2n) is 9.26. The van der Waals surface area contributed by atoms with Crippen LogP contribution in [-0.2, 0) is 20.8 Å². The van der Waals surface area contributed by atoms with Gasteiger partial charge >= 0.3 is 5.97 Å². The molecule has 0 saturated heterocycles. The van der Waals surface area contributed by atoms with Crippen molar-refractivity contribution in [2.24, 2.45) is 5.73 Å².